The fourth-order valence-corrected chi connectivity index (χ4v) is 7.06. The first-order valence-electron chi connectivity index (χ1n) is 15.6. The Kier molecular flexibility index (Phi) is 9.42. The SMILES string of the molecule is Cc1ccc(S(=O)(=O)NC2CCC(Oc3ccc4cc(Oc5ccc(C(=O)Nc6ccccc6C(=O)O)cn5)ccc4c3)CC2)cc1C. The van der Waals surface area contributed by atoms with E-state index in [1.54, 1.807) is 36.4 Å². The molecule has 6 rings (SSSR count). The van der Waals surface area contributed by atoms with Gasteiger partial charge in [-0.25, -0.2) is 22.9 Å². The van der Waals surface area contributed by atoms with E-state index >= 15 is 0 Å². The smallest absolute Gasteiger partial charge is 0.337 e. The standard InChI is InChI=1S/C37H35N3O7S/c1-23-7-17-32(19-24(23)2)48(44,45)40-28-11-15-29(16-12-28)46-30-13-8-26-21-31(14-9-25(26)20-30)47-35-18-10-27(22-38-35)36(41)39-34-6-4-3-5-33(34)37(42)43/h3-10,13-14,17-22,28-29,40H,11-12,15-16H2,1-2H3,(H,39,41)(H,42,43). The second-order valence-corrected chi connectivity index (χ2v) is 13.6. The molecule has 4 aromatic carbocycles. The maximum Gasteiger partial charge on any atom is 0.337 e. The van der Waals surface area contributed by atoms with Crippen molar-refractivity contribution in [3.05, 3.63) is 119 Å². The van der Waals surface area contributed by atoms with Crippen molar-refractivity contribution in [2.75, 3.05) is 5.32 Å². The van der Waals surface area contributed by atoms with Gasteiger partial charge in [-0.2, -0.15) is 0 Å². The Morgan fingerprint density at radius 2 is 1.52 bits per heavy atom. The van der Waals surface area contributed by atoms with Crippen LogP contribution >= 0.6 is 0 Å². The Morgan fingerprint density at radius 3 is 2.21 bits per heavy atom. The average molecular weight is 666 g/mol. The number of nitrogens with zero attached hydrogens (tertiary/aromatic N) is 1. The van der Waals surface area contributed by atoms with E-state index in [0.717, 1.165) is 40.5 Å². The summed E-state index contributed by atoms with van der Waals surface area (Å²) in [5.74, 6) is -0.0146. The van der Waals surface area contributed by atoms with Crippen LogP contribution in [0.25, 0.3) is 10.8 Å². The third-order valence-electron chi connectivity index (χ3n) is 8.50. The minimum Gasteiger partial charge on any atom is -0.490 e. The number of ether oxygens (including phenoxy) is 2. The summed E-state index contributed by atoms with van der Waals surface area (Å²) in [6.45, 7) is 3.87. The highest BCUT2D eigenvalue weighted by molar-refractivity contribution is 7.89. The van der Waals surface area contributed by atoms with Crippen LogP contribution < -0.4 is 19.5 Å². The number of para-hydroxylation sites is 1. The Morgan fingerprint density at radius 1 is 0.812 bits per heavy atom. The molecule has 0 spiro atoms. The number of benzene rings is 4. The molecule has 0 bridgehead atoms. The zero-order valence-corrected chi connectivity index (χ0v) is 27.3. The van der Waals surface area contributed by atoms with E-state index in [2.05, 4.69) is 15.0 Å². The number of aromatic nitrogens is 1. The van der Waals surface area contributed by atoms with Gasteiger partial charge in [-0.05, 0) is 116 Å². The highest BCUT2D eigenvalue weighted by atomic mass is 32.2. The number of hydrogen-bond donors (Lipinski definition) is 3. The molecular weight excluding hydrogens is 630 g/mol. The number of carbonyl (C=O) groups excluding carboxylic acids is 1. The fraction of sp³-hybridized carbons (Fsp3) is 0.216. The number of anilines is 1. The molecule has 0 radical (unpaired) electrons. The van der Waals surface area contributed by atoms with Gasteiger partial charge in [0, 0.05) is 18.3 Å². The van der Waals surface area contributed by atoms with E-state index in [4.69, 9.17) is 9.47 Å². The average Bonchev–Trinajstić information content (AvgIpc) is 3.07. The molecule has 10 nitrogen and oxygen atoms in total. The summed E-state index contributed by atoms with van der Waals surface area (Å²) in [7, 11) is -3.58. The first-order chi connectivity index (χ1) is 23.0. The largest absolute Gasteiger partial charge is 0.490 e. The summed E-state index contributed by atoms with van der Waals surface area (Å²) in [5.41, 5.74) is 2.45. The molecule has 1 aromatic heterocycles. The molecule has 0 atom stereocenters. The van der Waals surface area contributed by atoms with Gasteiger partial charge < -0.3 is 19.9 Å². The molecule has 3 N–H and O–H groups in total. The van der Waals surface area contributed by atoms with Crippen LogP contribution in [0.5, 0.6) is 17.4 Å². The summed E-state index contributed by atoms with van der Waals surface area (Å²) >= 11 is 0. The molecule has 0 unspecified atom stereocenters. The van der Waals surface area contributed by atoms with Crippen molar-refractivity contribution in [3.63, 3.8) is 0 Å². The number of nitrogens with one attached hydrogen (secondary N) is 2. The number of aryl methyl sites for hydroxylation is 2. The number of fused-ring (bicyclic) bond motifs is 1. The topological polar surface area (TPSA) is 144 Å². The molecule has 246 valence electrons. The van der Waals surface area contributed by atoms with Crippen LogP contribution in [0.2, 0.25) is 0 Å². The summed E-state index contributed by atoms with van der Waals surface area (Å²) in [4.78, 5) is 28.6. The van der Waals surface area contributed by atoms with Gasteiger partial charge >= 0.3 is 5.97 Å². The number of hydrogen-bond acceptors (Lipinski definition) is 7. The van der Waals surface area contributed by atoms with Crippen molar-refractivity contribution in [1.82, 2.24) is 9.71 Å². The van der Waals surface area contributed by atoms with Crippen molar-refractivity contribution < 1.29 is 32.6 Å². The fourth-order valence-electron chi connectivity index (χ4n) is 5.67. The lowest BCUT2D eigenvalue weighted by Gasteiger charge is -2.29. The summed E-state index contributed by atoms with van der Waals surface area (Å²) in [6, 6.07) is 25.8. The first-order valence-corrected chi connectivity index (χ1v) is 17.1. The monoisotopic (exact) mass is 665 g/mol. The van der Waals surface area contributed by atoms with Crippen molar-refractivity contribution in [3.8, 4) is 17.4 Å². The van der Waals surface area contributed by atoms with Gasteiger partial charge in [-0.3, -0.25) is 4.79 Å². The van der Waals surface area contributed by atoms with Crippen molar-refractivity contribution in [2.45, 2.75) is 56.6 Å². The van der Waals surface area contributed by atoms with Crippen molar-refractivity contribution in [1.29, 1.82) is 0 Å². The lowest BCUT2D eigenvalue weighted by Crippen LogP contribution is -2.39. The second-order valence-electron chi connectivity index (χ2n) is 11.9. The van der Waals surface area contributed by atoms with E-state index in [1.807, 2.05) is 56.3 Å². The van der Waals surface area contributed by atoms with E-state index < -0.39 is 21.9 Å². The van der Waals surface area contributed by atoms with Crippen LogP contribution in [0.3, 0.4) is 0 Å². The lowest BCUT2D eigenvalue weighted by molar-refractivity contribution is 0.0698. The number of carbonyl (C=O) groups is 2. The highest BCUT2D eigenvalue weighted by Crippen LogP contribution is 2.30. The molecule has 11 heteroatoms. The van der Waals surface area contributed by atoms with Gasteiger partial charge in [0.25, 0.3) is 5.91 Å². The lowest BCUT2D eigenvalue weighted by atomic mass is 9.93. The number of pyridine rings is 1. The molecule has 1 aliphatic carbocycles. The predicted molar refractivity (Wildman–Crippen MR) is 183 cm³/mol. The summed E-state index contributed by atoms with van der Waals surface area (Å²) < 4.78 is 40.9. The van der Waals surface area contributed by atoms with E-state index in [0.29, 0.717) is 29.4 Å². The number of carboxylic acids is 1. The quantitative estimate of drug-likeness (QED) is 0.141. The van der Waals surface area contributed by atoms with Crippen LogP contribution in [-0.4, -0.2) is 42.5 Å². The molecule has 0 saturated heterocycles. The molecule has 1 fully saturated rings. The van der Waals surface area contributed by atoms with E-state index in [-0.39, 0.29) is 29.0 Å². The van der Waals surface area contributed by atoms with Crippen LogP contribution in [0.1, 0.15) is 57.5 Å². The number of rotatable bonds is 10. The normalized spacial score (nSPS) is 16.3. The Hall–Kier alpha value is -5.26. The Balaban J connectivity index is 1.02. The molecule has 1 aliphatic rings. The van der Waals surface area contributed by atoms with Crippen LogP contribution in [0, 0.1) is 13.8 Å². The van der Waals surface area contributed by atoms with Gasteiger partial charge in [-0.1, -0.05) is 30.3 Å². The predicted octanol–water partition coefficient (Wildman–Crippen LogP) is 7.26. The maximum atomic E-state index is 12.9. The van der Waals surface area contributed by atoms with Crippen molar-refractivity contribution in [2.24, 2.45) is 0 Å². The zero-order chi connectivity index (χ0) is 33.8. The number of amides is 1. The molecule has 0 aliphatic heterocycles. The zero-order valence-electron chi connectivity index (χ0n) is 26.5. The minimum atomic E-state index is -3.58. The van der Waals surface area contributed by atoms with Crippen LogP contribution in [-0.2, 0) is 10.0 Å². The minimum absolute atomic E-state index is 0.00419. The third kappa shape index (κ3) is 7.64. The number of sulfonamides is 1. The Bertz CT molecular complexity index is 2090. The molecule has 1 saturated carbocycles. The number of aromatic carboxylic acids is 1. The van der Waals surface area contributed by atoms with Gasteiger partial charge in [0.2, 0.25) is 15.9 Å². The second kappa shape index (κ2) is 13.8. The highest BCUT2D eigenvalue weighted by Gasteiger charge is 2.27. The molecular formula is C37H35N3O7S. The van der Waals surface area contributed by atoms with E-state index in [1.165, 1.54) is 18.3 Å². The number of carboxylic acid groups (broad SMARTS) is 1. The summed E-state index contributed by atoms with van der Waals surface area (Å²) in [6.07, 6.45) is 4.24. The van der Waals surface area contributed by atoms with Crippen LogP contribution in [0.4, 0.5) is 5.69 Å². The third-order valence-corrected chi connectivity index (χ3v) is 10.0. The molecule has 1 heterocycles. The van der Waals surface area contributed by atoms with Gasteiger partial charge in [0.05, 0.1) is 27.8 Å². The van der Waals surface area contributed by atoms with Crippen LogP contribution in [0.15, 0.2) is 102 Å². The molecule has 5 aromatic rings. The summed E-state index contributed by atoms with van der Waals surface area (Å²) in [5, 5.41) is 13.9. The van der Waals surface area contributed by atoms with Gasteiger partial charge in [0.1, 0.15) is 11.5 Å². The molecule has 1 amide bonds. The first kappa shape index (κ1) is 32.7. The van der Waals surface area contributed by atoms with Gasteiger partial charge in [-0.15, -0.1) is 0 Å². The molecule has 48 heavy (non-hydrogen) atoms. The van der Waals surface area contributed by atoms with E-state index in [9.17, 15) is 23.1 Å². The Labute approximate surface area is 278 Å². The van der Waals surface area contributed by atoms with Gasteiger partial charge in [0.15, 0.2) is 0 Å². The van der Waals surface area contributed by atoms with Crippen molar-refractivity contribution >= 4 is 38.4 Å². The maximum absolute atomic E-state index is 12.9.